The molecule has 2 aliphatic rings. The Bertz CT molecular complexity index is 2390. The van der Waals surface area contributed by atoms with Crippen molar-refractivity contribution in [2.75, 3.05) is 19.6 Å². The van der Waals surface area contributed by atoms with Gasteiger partial charge in [-0.05, 0) is 64.9 Å². The maximum Gasteiger partial charge on any atom is 0.326 e. The van der Waals surface area contributed by atoms with E-state index < -0.39 is 16.3 Å². The van der Waals surface area contributed by atoms with Gasteiger partial charge in [0, 0.05) is 43.7 Å². The lowest BCUT2D eigenvalue weighted by Crippen LogP contribution is -2.47. The van der Waals surface area contributed by atoms with E-state index in [0.29, 0.717) is 0 Å². The molecule has 0 amide bonds. The van der Waals surface area contributed by atoms with E-state index in [0.717, 1.165) is 76.9 Å². The number of aromatic amines is 1. The van der Waals surface area contributed by atoms with Crippen LogP contribution in [0.15, 0.2) is 137 Å². The summed E-state index contributed by atoms with van der Waals surface area (Å²) < 4.78 is 44.2. The van der Waals surface area contributed by atoms with Gasteiger partial charge in [0.2, 0.25) is 10.0 Å². The lowest BCUT2D eigenvalue weighted by molar-refractivity contribution is -0.276. The number of aliphatic hydroxyl groups is 1. The van der Waals surface area contributed by atoms with E-state index >= 15 is 0 Å². The summed E-state index contributed by atoms with van der Waals surface area (Å²) in [6.07, 6.45) is 0.744. The van der Waals surface area contributed by atoms with E-state index in [9.17, 15) is 18.3 Å². The molecule has 10 nitrogen and oxygen atoms in total. The van der Waals surface area contributed by atoms with Gasteiger partial charge < -0.3 is 24.5 Å². The summed E-state index contributed by atoms with van der Waals surface area (Å²) in [4.78, 5) is 18.6. The highest BCUT2D eigenvalue weighted by Crippen LogP contribution is 2.42. The second-order valence-corrected chi connectivity index (χ2v) is 16.4. The van der Waals surface area contributed by atoms with Gasteiger partial charge in [0.05, 0.1) is 34.7 Å². The van der Waals surface area contributed by atoms with Crippen LogP contribution in [0, 0.1) is 5.92 Å². The molecule has 55 heavy (non-hydrogen) atoms. The molecular weight excluding hydrogens is 713 g/mol. The second-order valence-electron chi connectivity index (χ2n) is 14.6. The quantitative estimate of drug-likeness (QED) is 0.129. The number of ether oxygens (including phenoxy) is 2. The van der Waals surface area contributed by atoms with Crippen molar-refractivity contribution in [3.8, 4) is 11.1 Å². The number of fused-ring (bicyclic) bond motifs is 1. The minimum Gasteiger partial charge on any atom is -0.392 e. The molecule has 2 saturated heterocycles. The van der Waals surface area contributed by atoms with E-state index in [1.807, 2.05) is 102 Å². The third-order valence-corrected chi connectivity index (χ3v) is 12.5. The van der Waals surface area contributed by atoms with Gasteiger partial charge in [0.1, 0.15) is 0 Å². The van der Waals surface area contributed by atoms with Gasteiger partial charge >= 0.3 is 5.69 Å². The number of hydrogen-bond donors (Lipinski definition) is 3. The highest BCUT2D eigenvalue weighted by atomic mass is 32.2. The summed E-state index contributed by atoms with van der Waals surface area (Å²) in [5.41, 5.74) is 7.27. The summed E-state index contributed by atoms with van der Waals surface area (Å²) in [5.74, 6) is 0.0380. The standard InChI is InChI=1S/C44H46N4O6S/c1-30-41(28-47-25-23-36(24-26-47)48-40-14-8-7-13-39(40)46-44(48)50)53-43(54-42(30)33-17-15-31(29-49)16-18-33)34-21-19-32(20-22-34)38-12-6-5-9-35(38)27-45-55(51,52)37-10-3-2-4-11-37/h2-22,30,36,41-43,45,49H,23-29H2,1H3,(H,46,50)/t30-,41+,42+,43+/m1/s1. The molecule has 6 aromatic rings. The van der Waals surface area contributed by atoms with Crippen LogP contribution in [0.2, 0.25) is 0 Å². The van der Waals surface area contributed by atoms with Crippen LogP contribution >= 0.6 is 0 Å². The van der Waals surface area contributed by atoms with Crippen molar-refractivity contribution >= 4 is 21.1 Å². The summed E-state index contributed by atoms with van der Waals surface area (Å²) in [6, 6.07) is 40.2. The number of para-hydroxylation sites is 2. The number of aromatic nitrogens is 2. The Hall–Kier alpha value is -4.88. The summed E-state index contributed by atoms with van der Waals surface area (Å²) >= 11 is 0. The number of piperidine rings is 1. The largest absolute Gasteiger partial charge is 0.392 e. The second kappa shape index (κ2) is 16.1. The fourth-order valence-corrected chi connectivity index (χ4v) is 9.04. The SMILES string of the molecule is C[C@@H]1[C@H](CN2CCC(n3c(=O)[nH]c4ccccc43)CC2)O[C@H](c2ccc(-c3ccccc3CNS(=O)(=O)c3ccccc3)cc2)O[C@@H]1c1ccc(CO)cc1. The average molecular weight is 759 g/mol. The first kappa shape index (κ1) is 37.1. The van der Waals surface area contributed by atoms with Crippen LogP contribution in [0.4, 0.5) is 0 Å². The van der Waals surface area contributed by atoms with Gasteiger partial charge in [-0.15, -0.1) is 0 Å². The maximum absolute atomic E-state index is 13.0. The number of aliphatic hydroxyl groups excluding tert-OH is 1. The van der Waals surface area contributed by atoms with E-state index in [1.54, 1.807) is 30.3 Å². The van der Waals surface area contributed by atoms with Crippen LogP contribution in [-0.4, -0.2) is 53.7 Å². The number of H-pyrrole nitrogens is 1. The van der Waals surface area contributed by atoms with Gasteiger partial charge in [-0.3, -0.25) is 4.57 Å². The molecule has 0 radical (unpaired) electrons. The molecule has 3 N–H and O–H groups in total. The van der Waals surface area contributed by atoms with Crippen molar-refractivity contribution in [1.29, 1.82) is 0 Å². The highest BCUT2D eigenvalue weighted by Gasteiger charge is 2.39. The zero-order valence-corrected chi connectivity index (χ0v) is 31.6. The zero-order valence-electron chi connectivity index (χ0n) is 30.8. The topological polar surface area (TPSA) is 126 Å². The third kappa shape index (κ3) is 7.95. The number of likely N-dealkylation sites (tertiary alicyclic amines) is 1. The first-order valence-electron chi connectivity index (χ1n) is 18.9. The first-order chi connectivity index (χ1) is 26.8. The van der Waals surface area contributed by atoms with Gasteiger partial charge in [-0.2, -0.15) is 0 Å². The molecule has 0 unspecified atom stereocenters. The van der Waals surface area contributed by atoms with Crippen molar-refractivity contribution in [2.45, 2.75) is 62.4 Å². The molecule has 3 heterocycles. The molecular formula is C44H46N4O6S. The minimum absolute atomic E-state index is 0.0231. The summed E-state index contributed by atoms with van der Waals surface area (Å²) in [6.45, 7) is 4.73. The minimum atomic E-state index is -3.67. The lowest BCUT2D eigenvalue weighted by atomic mass is 9.89. The third-order valence-electron chi connectivity index (χ3n) is 11.1. The molecule has 2 fully saturated rings. The van der Waals surface area contributed by atoms with E-state index in [4.69, 9.17) is 9.47 Å². The fourth-order valence-electron chi connectivity index (χ4n) is 8.01. The van der Waals surface area contributed by atoms with Crippen LogP contribution < -0.4 is 10.4 Å². The number of hydrogen-bond acceptors (Lipinski definition) is 7. The first-order valence-corrected chi connectivity index (χ1v) is 20.4. The molecule has 0 spiro atoms. The number of benzene rings is 5. The average Bonchev–Trinajstić information content (AvgIpc) is 3.57. The Morgan fingerprint density at radius 1 is 0.800 bits per heavy atom. The maximum atomic E-state index is 13.0. The summed E-state index contributed by atoms with van der Waals surface area (Å²) in [5, 5.41) is 9.68. The van der Waals surface area contributed by atoms with Crippen LogP contribution in [0.5, 0.6) is 0 Å². The van der Waals surface area contributed by atoms with Crippen LogP contribution in [0.3, 0.4) is 0 Å². The molecule has 2 aliphatic heterocycles. The van der Waals surface area contributed by atoms with Crippen molar-refractivity contribution < 1.29 is 23.0 Å². The predicted molar refractivity (Wildman–Crippen MR) is 213 cm³/mol. The number of rotatable bonds is 11. The Kier molecular flexibility index (Phi) is 10.8. The smallest absolute Gasteiger partial charge is 0.326 e. The predicted octanol–water partition coefficient (Wildman–Crippen LogP) is 7.10. The van der Waals surface area contributed by atoms with Crippen molar-refractivity contribution in [1.82, 2.24) is 19.2 Å². The number of imidazole rings is 1. The number of sulfonamides is 1. The molecule has 0 saturated carbocycles. The van der Waals surface area contributed by atoms with Crippen LogP contribution in [-0.2, 0) is 32.6 Å². The Labute approximate surface area is 321 Å². The van der Waals surface area contributed by atoms with E-state index in [-0.39, 0.29) is 47.9 Å². The molecule has 0 bridgehead atoms. The van der Waals surface area contributed by atoms with E-state index in [2.05, 4.69) is 21.5 Å². The van der Waals surface area contributed by atoms with Gasteiger partial charge in [0.15, 0.2) is 6.29 Å². The highest BCUT2D eigenvalue weighted by molar-refractivity contribution is 7.89. The monoisotopic (exact) mass is 758 g/mol. The normalized spacial score (nSPS) is 21.2. The fraction of sp³-hybridized carbons (Fsp3) is 0.295. The van der Waals surface area contributed by atoms with Crippen molar-refractivity contribution in [3.63, 3.8) is 0 Å². The van der Waals surface area contributed by atoms with Crippen LogP contribution in [0.1, 0.15) is 60.5 Å². The van der Waals surface area contributed by atoms with Gasteiger partial charge in [0.25, 0.3) is 0 Å². The molecule has 0 aliphatic carbocycles. The van der Waals surface area contributed by atoms with Crippen molar-refractivity contribution in [3.05, 3.63) is 160 Å². The molecule has 11 heteroatoms. The Balaban J connectivity index is 0.996. The molecule has 284 valence electrons. The molecule has 5 aromatic carbocycles. The van der Waals surface area contributed by atoms with Gasteiger partial charge in [-0.25, -0.2) is 17.9 Å². The lowest BCUT2D eigenvalue weighted by Gasteiger charge is -2.44. The molecule has 8 rings (SSSR count). The van der Waals surface area contributed by atoms with Crippen LogP contribution in [0.25, 0.3) is 22.2 Å². The molecule has 1 aromatic heterocycles. The Morgan fingerprint density at radius 2 is 1.47 bits per heavy atom. The Morgan fingerprint density at radius 3 is 2.22 bits per heavy atom. The molecule has 4 atom stereocenters. The number of nitrogens with one attached hydrogen (secondary N) is 2. The summed E-state index contributed by atoms with van der Waals surface area (Å²) in [7, 11) is -3.67. The van der Waals surface area contributed by atoms with E-state index in [1.165, 1.54) is 0 Å². The van der Waals surface area contributed by atoms with Gasteiger partial charge in [-0.1, -0.05) is 110 Å². The number of nitrogens with zero attached hydrogens (tertiary/aromatic N) is 2. The van der Waals surface area contributed by atoms with Crippen molar-refractivity contribution in [2.24, 2.45) is 5.92 Å². The zero-order chi connectivity index (χ0) is 37.9.